The van der Waals surface area contributed by atoms with Crippen LogP contribution in [0.2, 0.25) is 0 Å². The van der Waals surface area contributed by atoms with Crippen LogP contribution < -0.4 is 5.32 Å². The van der Waals surface area contributed by atoms with Crippen molar-refractivity contribution < 1.29 is 9.53 Å². The summed E-state index contributed by atoms with van der Waals surface area (Å²) in [6, 6.07) is 0.369. The zero-order valence-corrected chi connectivity index (χ0v) is 9.34. The second-order valence-electron chi connectivity index (χ2n) is 4.73. The number of hydrogen-bond donors (Lipinski definition) is 1. The molecule has 0 aromatic heterocycles. The van der Waals surface area contributed by atoms with Crippen LogP contribution in [0.15, 0.2) is 0 Å². The third-order valence-electron chi connectivity index (χ3n) is 3.54. The van der Waals surface area contributed by atoms with Gasteiger partial charge in [-0.3, -0.25) is 4.79 Å². The van der Waals surface area contributed by atoms with E-state index in [0.29, 0.717) is 17.9 Å². The quantitative estimate of drug-likeness (QED) is 0.757. The first kappa shape index (κ1) is 10.9. The van der Waals surface area contributed by atoms with Crippen LogP contribution in [0.5, 0.6) is 0 Å². The molecule has 0 radical (unpaired) electrons. The number of nitrogens with one attached hydrogen (secondary N) is 1. The Kier molecular flexibility index (Phi) is 4.01. The minimum absolute atomic E-state index is 0.293. The number of hydrogen-bond acceptors (Lipinski definition) is 2. The number of carbonyl (C=O) groups is 1. The van der Waals surface area contributed by atoms with Crippen LogP contribution in [0.3, 0.4) is 0 Å². The van der Waals surface area contributed by atoms with E-state index >= 15 is 0 Å². The van der Waals surface area contributed by atoms with Gasteiger partial charge < -0.3 is 10.1 Å². The van der Waals surface area contributed by atoms with Crippen molar-refractivity contribution in [2.24, 2.45) is 5.92 Å². The fraction of sp³-hybridized carbons (Fsp3) is 0.917. The van der Waals surface area contributed by atoms with Gasteiger partial charge in [-0.15, -0.1) is 0 Å². The van der Waals surface area contributed by atoms with Gasteiger partial charge in [0.15, 0.2) is 0 Å². The largest absolute Gasteiger partial charge is 0.381 e. The lowest BCUT2D eigenvalue weighted by Gasteiger charge is -2.27. The number of amides is 1. The molecule has 1 N–H and O–H groups in total. The summed E-state index contributed by atoms with van der Waals surface area (Å²) in [6.07, 6.45) is 7.92. The topological polar surface area (TPSA) is 38.3 Å². The molecule has 15 heavy (non-hydrogen) atoms. The lowest BCUT2D eigenvalue weighted by atomic mass is 9.88. The number of ether oxygens (including phenoxy) is 1. The van der Waals surface area contributed by atoms with Gasteiger partial charge in [-0.2, -0.15) is 0 Å². The molecule has 2 fully saturated rings. The Bertz CT molecular complexity index is 206. The zero-order chi connectivity index (χ0) is 10.5. The van der Waals surface area contributed by atoms with E-state index in [-0.39, 0.29) is 0 Å². The third-order valence-corrected chi connectivity index (χ3v) is 3.54. The first-order chi connectivity index (χ1) is 7.36. The van der Waals surface area contributed by atoms with Crippen molar-refractivity contribution in [3.8, 4) is 0 Å². The third kappa shape index (κ3) is 3.20. The SMILES string of the molecule is O=C(NC1CCOCC1)C1CCCCC1. The fourth-order valence-corrected chi connectivity index (χ4v) is 2.53. The van der Waals surface area contributed by atoms with Crippen LogP contribution in [0.4, 0.5) is 0 Å². The molecule has 2 rings (SSSR count). The highest BCUT2D eigenvalue weighted by molar-refractivity contribution is 5.79. The van der Waals surface area contributed by atoms with Crippen molar-refractivity contribution >= 4 is 5.91 Å². The molecular formula is C12H21NO2. The highest BCUT2D eigenvalue weighted by atomic mass is 16.5. The first-order valence-electron chi connectivity index (χ1n) is 6.24. The van der Waals surface area contributed by atoms with Gasteiger partial charge in [0.05, 0.1) is 0 Å². The van der Waals surface area contributed by atoms with Crippen LogP contribution in [0.1, 0.15) is 44.9 Å². The minimum atomic E-state index is 0.293. The predicted molar refractivity (Wildman–Crippen MR) is 58.6 cm³/mol. The molecule has 0 aromatic rings. The fourth-order valence-electron chi connectivity index (χ4n) is 2.53. The molecule has 86 valence electrons. The van der Waals surface area contributed by atoms with Crippen molar-refractivity contribution in [1.29, 1.82) is 0 Å². The van der Waals surface area contributed by atoms with Crippen molar-refractivity contribution in [2.75, 3.05) is 13.2 Å². The summed E-state index contributed by atoms with van der Waals surface area (Å²) < 4.78 is 5.28. The van der Waals surface area contributed by atoms with E-state index in [0.717, 1.165) is 38.9 Å². The maximum Gasteiger partial charge on any atom is 0.223 e. The van der Waals surface area contributed by atoms with Gasteiger partial charge in [0.1, 0.15) is 0 Å². The molecule has 0 spiro atoms. The molecule has 0 atom stereocenters. The molecule has 2 aliphatic rings. The van der Waals surface area contributed by atoms with E-state index in [1.165, 1.54) is 19.3 Å². The molecule has 0 unspecified atom stereocenters. The molecule has 0 bridgehead atoms. The summed E-state index contributed by atoms with van der Waals surface area (Å²) in [7, 11) is 0. The molecule has 1 saturated carbocycles. The van der Waals surface area contributed by atoms with Crippen molar-refractivity contribution in [3.05, 3.63) is 0 Å². The van der Waals surface area contributed by atoms with Gasteiger partial charge in [-0.05, 0) is 25.7 Å². The van der Waals surface area contributed by atoms with Gasteiger partial charge in [0.2, 0.25) is 5.91 Å². The summed E-state index contributed by atoms with van der Waals surface area (Å²) in [5.41, 5.74) is 0. The van der Waals surface area contributed by atoms with Gasteiger partial charge in [0, 0.05) is 25.2 Å². The predicted octanol–water partition coefficient (Wildman–Crippen LogP) is 1.86. The average Bonchev–Trinajstić information content (AvgIpc) is 2.31. The molecule has 3 nitrogen and oxygen atoms in total. The molecule has 1 heterocycles. The maximum absolute atomic E-state index is 11.9. The highest BCUT2D eigenvalue weighted by Crippen LogP contribution is 2.24. The Morgan fingerprint density at radius 2 is 1.67 bits per heavy atom. The second kappa shape index (κ2) is 5.50. The van der Waals surface area contributed by atoms with Gasteiger partial charge in [-0.1, -0.05) is 19.3 Å². The normalized spacial score (nSPS) is 25.1. The van der Waals surface area contributed by atoms with E-state index in [1.807, 2.05) is 0 Å². The van der Waals surface area contributed by atoms with Crippen LogP contribution in [-0.2, 0) is 9.53 Å². The van der Waals surface area contributed by atoms with Crippen molar-refractivity contribution in [1.82, 2.24) is 5.32 Å². The van der Waals surface area contributed by atoms with E-state index in [4.69, 9.17) is 4.74 Å². The lowest BCUT2D eigenvalue weighted by molar-refractivity contribution is -0.127. The van der Waals surface area contributed by atoms with E-state index < -0.39 is 0 Å². The Balaban J connectivity index is 1.74. The summed E-state index contributed by atoms with van der Waals surface area (Å²) in [4.78, 5) is 11.9. The van der Waals surface area contributed by atoms with Gasteiger partial charge >= 0.3 is 0 Å². The monoisotopic (exact) mass is 211 g/mol. The van der Waals surface area contributed by atoms with E-state index in [1.54, 1.807) is 0 Å². The molecule has 0 aromatic carbocycles. The molecule has 1 amide bonds. The molecule has 1 aliphatic heterocycles. The summed E-state index contributed by atoms with van der Waals surface area (Å²) in [6.45, 7) is 1.60. The molecule has 1 saturated heterocycles. The Labute approximate surface area is 91.6 Å². The van der Waals surface area contributed by atoms with Gasteiger partial charge in [-0.25, -0.2) is 0 Å². The Morgan fingerprint density at radius 1 is 1.00 bits per heavy atom. The average molecular weight is 211 g/mol. The second-order valence-corrected chi connectivity index (χ2v) is 4.73. The minimum Gasteiger partial charge on any atom is -0.381 e. The van der Waals surface area contributed by atoms with Crippen LogP contribution in [0.25, 0.3) is 0 Å². The Morgan fingerprint density at radius 3 is 2.33 bits per heavy atom. The molecule has 3 heteroatoms. The lowest BCUT2D eigenvalue weighted by Crippen LogP contribution is -2.42. The molecule has 1 aliphatic carbocycles. The summed E-state index contributed by atoms with van der Waals surface area (Å²) >= 11 is 0. The molecular weight excluding hydrogens is 190 g/mol. The first-order valence-corrected chi connectivity index (χ1v) is 6.24. The van der Waals surface area contributed by atoms with Crippen molar-refractivity contribution in [3.63, 3.8) is 0 Å². The summed E-state index contributed by atoms with van der Waals surface area (Å²) in [5, 5.41) is 3.17. The van der Waals surface area contributed by atoms with Crippen LogP contribution in [0, 0.1) is 5.92 Å². The van der Waals surface area contributed by atoms with Crippen molar-refractivity contribution in [2.45, 2.75) is 51.0 Å². The van der Waals surface area contributed by atoms with Gasteiger partial charge in [0.25, 0.3) is 0 Å². The number of carbonyl (C=O) groups excluding carboxylic acids is 1. The maximum atomic E-state index is 11.9. The van der Waals surface area contributed by atoms with E-state index in [9.17, 15) is 4.79 Å². The van der Waals surface area contributed by atoms with E-state index in [2.05, 4.69) is 5.32 Å². The van der Waals surface area contributed by atoms with Crippen LogP contribution >= 0.6 is 0 Å². The zero-order valence-electron chi connectivity index (χ0n) is 9.34. The number of rotatable bonds is 2. The van der Waals surface area contributed by atoms with Crippen LogP contribution in [-0.4, -0.2) is 25.2 Å². The Hall–Kier alpha value is -0.570. The smallest absolute Gasteiger partial charge is 0.223 e. The standard InChI is InChI=1S/C12H21NO2/c14-12(10-4-2-1-3-5-10)13-11-6-8-15-9-7-11/h10-11H,1-9H2,(H,13,14). The highest BCUT2D eigenvalue weighted by Gasteiger charge is 2.24. The summed E-state index contributed by atoms with van der Waals surface area (Å²) in [5.74, 6) is 0.586.